The van der Waals surface area contributed by atoms with Crippen LogP contribution in [0.4, 0.5) is 4.79 Å². The third-order valence-electron chi connectivity index (χ3n) is 6.48. The Morgan fingerprint density at radius 1 is 1.17 bits per heavy atom. The van der Waals surface area contributed by atoms with Crippen molar-refractivity contribution in [2.75, 3.05) is 33.4 Å². The first-order valence-electron chi connectivity index (χ1n) is 10.7. The predicted octanol–water partition coefficient (Wildman–Crippen LogP) is 3.40. The monoisotopic (exact) mass is 409 g/mol. The average Bonchev–Trinajstić information content (AvgIpc) is 2.80. The third-order valence-corrected chi connectivity index (χ3v) is 6.48. The number of nitrogens with one attached hydrogen (secondary N) is 1. The lowest BCUT2D eigenvalue weighted by atomic mass is 9.86. The number of nitrogens with zero attached hydrogens (tertiary/aromatic N) is 2. The molecule has 4 aliphatic heterocycles. The van der Waals surface area contributed by atoms with Gasteiger partial charge in [0.2, 0.25) is 0 Å². The number of amides is 1. The van der Waals surface area contributed by atoms with Gasteiger partial charge in [-0.05, 0) is 49.5 Å². The Labute approximate surface area is 176 Å². The summed E-state index contributed by atoms with van der Waals surface area (Å²) in [6.07, 6.45) is 6.14. The minimum atomic E-state index is -0.326. The molecular weight excluding hydrogens is 382 g/mol. The van der Waals surface area contributed by atoms with Gasteiger partial charge in [-0.1, -0.05) is 12.1 Å². The first-order chi connectivity index (χ1) is 14.7. The molecular formula is C23H27N3O4. The van der Waals surface area contributed by atoms with E-state index in [1.165, 1.54) is 0 Å². The topological polar surface area (TPSA) is 72.9 Å². The molecule has 2 bridgehead atoms. The van der Waals surface area contributed by atoms with E-state index >= 15 is 0 Å². The molecule has 4 aliphatic rings. The molecule has 7 nitrogen and oxygen atoms in total. The summed E-state index contributed by atoms with van der Waals surface area (Å²) in [6, 6.07) is 7.87. The van der Waals surface area contributed by atoms with Crippen molar-refractivity contribution >= 4 is 6.09 Å². The average molecular weight is 409 g/mol. The molecule has 3 saturated heterocycles. The number of carbonyl (C=O) groups excluding carboxylic acids is 1. The molecule has 1 aromatic carbocycles. The number of hydrogen-bond acceptors (Lipinski definition) is 6. The van der Waals surface area contributed by atoms with Crippen LogP contribution in [0.3, 0.4) is 0 Å². The zero-order valence-electron chi connectivity index (χ0n) is 17.2. The summed E-state index contributed by atoms with van der Waals surface area (Å²) in [5.74, 6) is 2.00. The molecule has 1 amide bonds. The lowest BCUT2D eigenvalue weighted by molar-refractivity contribution is -0.0342. The summed E-state index contributed by atoms with van der Waals surface area (Å²) in [6.45, 7) is 3.67. The summed E-state index contributed by atoms with van der Waals surface area (Å²) >= 11 is 0. The van der Waals surface area contributed by atoms with Crippen LogP contribution in [0.25, 0.3) is 11.1 Å². The van der Waals surface area contributed by atoms with Gasteiger partial charge in [0.25, 0.3) is 0 Å². The Balaban J connectivity index is 1.28. The molecule has 0 aliphatic carbocycles. The van der Waals surface area contributed by atoms with Gasteiger partial charge < -0.3 is 19.5 Å². The number of fused-ring (bicyclic) bond motifs is 4. The molecule has 5 heterocycles. The highest BCUT2D eigenvalue weighted by Crippen LogP contribution is 2.36. The summed E-state index contributed by atoms with van der Waals surface area (Å²) in [5.41, 5.74) is 2.93. The van der Waals surface area contributed by atoms with Gasteiger partial charge in [0, 0.05) is 30.3 Å². The van der Waals surface area contributed by atoms with E-state index in [1.807, 2.05) is 24.3 Å². The van der Waals surface area contributed by atoms with Gasteiger partial charge in [-0.15, -0.1) is 0 Å². The number of alkyl carbamates (subject to hydrolysis) is 1. The normalized spacial score (nSPS) is 27.0. The number of carbonyl (C=O) groups is 1. The highest BCUT2D eigenvalue weighted by Gasteiger charge is 2.37. The van der Waals surface area contributed by atoms with Gasteiger partial charge in [0.1, 0.15) is 17.6 Å². The van der Waals surface area contributed by atoms with Crippen LogP contribution in [-0.2, 0) is 4.74 Å². The van der Waals surface area contributed by atoms with E-state index < -0.39 is 0 Å². The first-order valence-corrected chi connectivity index (χ1v) is 10.7. The Morgan fingerprint density at radius 3 is 2.80 bits per heavy atom. The van der Waals surface area contributed by atoms with E-state index in [4.69, 9.17) is 14.2 Å². The number of benzene rings is 1. The first kappa shape index (κ1) is 19.2. The summed E-state index contributed by atoms with van der Waals surface area (Å²) in [7, 11) is 1.63. The van der Waals surface area contributed by atoms with Crippen LogP contribution in [0.1, 0.15) is 30.9 Å². The molecule has 30 heavy (non-hydrogen) atoms. The van der Waals surface area contributed by atoms with Crippen LogP contribution in [-0.4, -0.2) is 55.4 Å². The smallest absolute Gasteiger partial charge is 0.407 e. The summed E-state index contributed by atoms with van der Waals surface area (Å²) in [4.78, 5) is 19.2. The van der Waals surface area contributed by atoms with E-state index in [9.17, 15) is 4.79 Å². The molecule has 2 aromatic rings. The second-order valence-corrected chi connectivity index (χ2v) is 8.28. The number of pyridine rings is 1. The van der Waals surface area contributed by atoms with E-state index in [-0.39, 0.29) is 18.2 Å². The van der Waals surface area contributed by atoms with Crippen molar-refractivity contribution in [2.24, 2.45) is 5.92 Å². The maximum atomic E-state index is 12.6. The van der Waals surface area contributed by atoms with Crippen LogP contribution in [0.2, 0.25) is 0 Å². The highest BCUT2D eigenvalue weighted by molar-refractivity contribution is 5.70. The molecule has 0 spiro atoms. The van der Waals surface area contributed by atoms with Gasteiger partial charge in [-0.25, -0.2) is 4.79 Å². The number of methoxy groups -OCH3 is 1. The van der Waals surface area contributed by atoms with Crippen molar-refractivity contribution < 1.29 is 19.0 Å². The fraction of sp³-hybridized carbons (Fsp3) is 0.478. The number of ether oxygens (including phenoxy) is 3. The second-order valence-electron chi connectivity index (χ2n) is 8.28. The molecule has 2 atom stereocenters. The van der Waals surface area contributed by atoms with Crippen molar-refractivity contribution in [1.29, 1.82) is 0 Å². The Kier molecular flexibility index (Phi) is 5.21. The number of piperidine rings is 3. The maximum Gasteiger partial charge on any atom is 0.407 e. The van der Waals surface area contributed by atoms with Crippen molar-refractivity contribution in [3.63, 3.8) is 0 Å². The minimum Gasteiger partial charge on any atom is -0.495 e. The molecule has 1 unspecified atom stereocenters. The fourth-order valence-corrected chi connectivity index (χ4v) is 4.77. The zero-order valence-corrected chi connectivity index (χ0v) is 17.2. The molecule has 0 saturated carbocycles. The van der Waals surface area contributed by atoms with E-state index in [1.54, 1.807) is 19.5 Å². The second kappa shape index (κ2) is 8.14. The van der Waals surface area contributed by atoms with E-state index in [0.717, 1.165) is 61.3 Å². The van der Waals surface area contributed by atoms with Gasteiger partial charge in [0.05, 0.1) is 26.0 Å². The number of hydrogen-bond donors (Lipinski definition) is 1. The fourth-order valence-electron chi connectivity index (χ4n) is 4.77. The van der Waals surface area contributed by atoms with Crippen LogP contribution in [0, 0.1) is 5.92 Å². The molecule has 6 rings (SSSR count). The summed E-state index contributed by atoms with van der Waals surface area (Å²) in [5, 5.41) is 3.07. The molecule has 158 valence electrons. The Bertz CT molecular complexity index is 926. The third kappa shape index (κ3) is 3.81. The summed E-state index contributed by atoms with van der Waals surface area (Å²) < 4.78 is 17.0. The van der Waals surface area contributed by atoms with Crippen LogP contribution in [0.5, 0.6) is 11.5 Å². The number of rotatable bonds is 4. The molecule has 7 heteroatoms. The highest BCUT2D eigenvalue weighted by atomic mass is 16.6. The van der Waals surface area contributed by atoms with Crippen molar-refractivity contribution in [3.8, 4) is 22.6 Å². The van der Waals surface area contributed by atoms with Crippen molar-refractivity contribution in [2.45, 2.75) is 31.4 Å². The van der Waals surface area contributed by atoms with Gasteiger partial charge >= 0.3 is 6.09 Å². The van der Waals surface area contributed by atoms with Crippen LogP contribution >= 0.6 is 0 Å². The molecule has 3 fully saturated rings. The molecule has 1 N–H and O–H groups in total. The lowest BCUT2D eigenvalue weighted by Crippen LogP contribution is -2.52. The van der Waals surface area contributed by atoms with E-state index in [0.29, 0.717) is 18.3 Å². The van der Waals surface area contributed by atoms with Crippen molar-refractivity contribution in [3.05, 3.63) is 42.2 Å². The van der Waals surface area contributed by atoms with Crippen molar-refractivity contribution in [1.82, 2.24) is 15.2 Å². The predicted molar refractivity (Wildman–Crippen MR) is 112 cm³/mol. The Hall–Kier alpha value is -2.80. The Morgan fingerprint density at radius 2 is 2.03 bits per heavy atom. The quantitative estimate of drug-likeness (QED) is 0.834. The number of aromatic nitrogens is 1. The molecule has 0 radical (unpaired) electrons. The van der Waals surface area contributed by atoms with Crippen LogP contribution in [0.15, 0.2) is 36.7 Å². The van der Waals surface area contributed by atoms with E-state index in [2.05, 4.69) is 15.2 Å². The van der Waals surface area contributed by atoms with Crippen LogP contribution < -0.4 is 14.8 Å². The lowest BCUT2D eigenvalue weighted by Gasteiger charge is -2.44. The SMILES string of the molecule is COc1cncc(-c2ccc3c(c2)OCCC3NC(=O)O[C@@H]2CN3CCC2CC3)c1. The zero-order chi connectivity index (χ0) is 20.5. The minimum absolute atomic E-state index is 0.00903. The maximum absolute atomic E-state index is 12.6. The van der Waals surface area contributed by atoms with Gasteiger partial charge in [0.15, 0.2) is 0 Å². The standard InChI is InChI=1S/C23H27N3O4/c1-28-18-10-17(12-24-13-18)16-2-3-19-20(6-9-29-21(19)11-16)25-23(27)30-22-14-26-7-4-15(22)5-8-26/h2-3,10-13,15,20,22H,4-9,14H2,1H3,(H,25,27)/t20?,22-/m1/s1. The van der Waals surface area contributed by atoms with Gasteiger partial charge in [-0.2, -0.15) is 0 Å². The van der Waals surface area contributed by atoms with Gasteiger partial charge in [-0.3, -0.25) is 9.88 Å². The molecule has 1 aromatic heterocycles. The largest absolute Gasteiger partial charge is 0.495 e.